The van der Waals surface area contributed by atoms with Crippen LogP contribution in [0.15, 0.2) is 0 Å². The van der Waals surface area contributed by atoms with E-state index in [1.54, 1.807) is 7.11 Å². The number of methoxy groups -OCH3 is 1. The van der Waals surface area contributed by atoms with Gasteiger partial charge in [0, 0.05) is 13.5 Å². The van der Waals surface area contributed by atoms with E-state index < -0.39 is 5.79 Å². The summed E-state index contributed by atoms with van der Waals surface area (Å²) in [6.45, 7) is 5.85. The molecule has 14 heavy (non-hydrogen) atoms. The van der Waals surface area contributed by atoms with Crippen molar-refractivity contribution in [3.05, 3.63) is 0 Å². The maximum atomic E-state index is 5.77. The Morgan fingerprint density at radius 1 is 1.29 bits per heavy atom. The standard InChI is InChI=1S/C10H18O4/c1-6-9-7(5-8(11-4)12-6)13-10(2,3)14-9/h6-9H,5H2,1-4H3/t6-,7-,8+,9+/m1/s1. The van der Waals surface area contributed by atoms with Crippen LogP contribution < -0.4 is 0 Å². The van der Waals surface area contributed by atoms with E-state index in [2.05, 4.69) is 0 Å². The molecule has 0 unspecified atom stereocenters. The van der Waals surface area contributed by atoms with Crippen LogP contribution >= 0.6 is 0 Å². The Morgan fingerprint density at radius 3 is 2.64 bits per heavy atom. The van der Waals surface area contributed by atoms with E-state index in [-0.39, 0.29) is 24.6 Å². The fraction of sp³-hybridized carbons (Fsp3) is 1.00. The smallest absolute Gasteiger partial charge is 0.163 e. The van der Waals surface area contributed by atoms with Crippen LogP contribution in [0.5, 0.6) is 0 Å². The first-order valence-corrected chi connectivity index (χ1v) is 5.06. The first-order valence-electron chi connectivity index (χ1n) is 5.06. The van der Waals surface area contributed by atoms with Gasteiger partial charge in [0.2, 0.25) is 0 Å². The number of fused-ring (bicyclic) bond motifs is 1. The van der Waals surface area contributed by atoms with Crippen molar-refractivity contribution in [1.82, 2.24) is 0 Å². The molecule has 0 N–H and O–H groups in total. The number of hydrogen-bond acceptors (Lipinski definition) is 4. The molecule has 0 amide bonds. The van der Waals surface area contributed by atoms with Gasteiger partial charge in [0.1, 0.15) is 6.10 Å². The molecule has 82 valence electrons. The Hall–Kier alpha value is -0.160. The highest BCUT2D eigenvalue weighted by Crippen LogP contribution is 2.36. The van der Waals surface area contributed by atoms with Crippen molar-refractivity contribution in [2.24, 2.45) is 0 Å². The summed E-state index contributed by atoms with van der Waals surface area (Å²) in [5.74, 6) is -0.490. The first kappa shape index (κ1) is 10.4. The minimum atomic E-state index is -0.490. The second-order valence-electron chi connectivity index (χ2n) is 4.38. The highest BCUT2D eigenvalue weighted by atomic mass is 16.8. The average Bonchev–Trinajstić information content (AvgIpc) is 2.40. The van der Waals surface area contributed by atoms with Gasteiger partial charge in [0.15, 0.2) is 12.1 Å². The van der Waals surface area contributed by atoms with Gasteiger partial charge in [0.25, 0.3) is 0 Å². The van der Waals surface area contributed by atoms with Gasteiger partial charge in [-0.15, -0.1) is 0 Å². The highest BCUT2D eigenvalue weighted by molar-refractivity contribution is 4.89. The normalized spacial score (nSPS) is 46.3. The molecule has 0 radical (unpaired) electrons. The van der Waals surface area contributed by atoms with Crippen LogP contribution in [-0.4, -0.2) is 37.5 Å². The van der Waals surface area contributed by atoms with Gasteiger partial charge < -0.3 is 18.9 Å². The van der Waals surface area contributed by atoms with E-state index in [1.807, 2.05) is 20.8 Å². The van der Waals surface area contributed by atoms with Crippen LogP contribution in [0.25, 0.3) is 0 Å². The SMILES string of the molecule is CO[C@@H]1C[C@H]2OC(C)(C)O[C@H]2[C@@H](C)O1. The van der Waals surface area contributed by atoms with Crippen LogP contribution in [0.4, 0.5) is 0 Å². The lowest BCUT2D eigenvalue weighted by Crippen LogP contribution is -2.45. The fourth-order valence-corrected chi connectivity index (χ4v) is 2.16. The molecule has 4 heteroatoms. The molecule has 0 aliphatic carbocycles. The lowest BCUT2D eigenvalue weighted by Gasteiger charge is -2.33. The molecule has 0 aromatic rings. The molecular weight excluding hydrogens is 184 g/mol. The van der Waals surface area contributed by atoms with Crippen molar-refractivity contribution in [1.29, 1.82) is 0 Å². The van der Waals surface area contributed by atoms with E-state index in [0.29, 0.717) is 0 Å². The van der Waals surface area contributed by atoms with Crippen molar-refractivity contribution >= 4 is 0 Å². The van der Waals surface area contributed by atoms with E-state index in [9.17, 15) is 0 Å². The fourth-order valence-electron chi connectivity index (χ4n) is 2.16. The Kier molecular flexibility index (Phi) is 2.55. The zero-order chi connectivity index (χ0) is 10.3. The Labute approximate surface area is 84.5 Å². The second-order valence-corrected chi connectivity index (χ2v) is 4.38. The lowest BCUT2D eigenvalue weighted by atomic mass is 10.0. The van der Waals surface area contributed by atoms with Gasteiger partial charge in [0.05, 0.1) is 12.2 Å². The molecule has 2 heterocycles. The first-order chi connectivity index (χ1) is 6.52. The van der Waals surface area contributed by atoms with Gasteiger partial charge >= 0.3 is 0 Å². The molecule has 4 nitrogen and oxygen atoms in total. The maximum absolute atomic E-state index is 5.77. The molecule has 2 fully saturated rings. The predicted molar refractivity (Wildman–Crippen MR) is 49.8 cm³/mol. The quantitative estimate of drug-likeness (QED) is 0.642. The Bertz CT molecular complexity index is 216. The minimum absolute atomic E-state index is 0.0282. The van der Waals surface area contributed by atoms with Crippen molar-refractivity contribution in [2.75, 3.05) is 7.11 Å². The molecule has 0 saturated carbocycles. The zero-order valence-corrected chi connectivity index (χ0v) is 9.15. The monoisotopic (exact) mass is 202 g/mol. The summed E-state index contributed by atoms with van der Waals surface area (Å²) in [6.07, 6.45) is 0.744. The van der Waals surface area contributed by atoms with Crippen LogP contribution in [0.3, 0.4) is 0 Å². The molecule has 4 atom stereocenters. The lowest BCUT2D eigenvalue weighted by molar-refractivity contribution is -0.215. The van der Waals surface area contributed by atoms with Crippen LogP contribution in [0.1, 0.15) is 27.2 Å². The van der Waals surface area contributed by atoms with Gasteiger partial charge in [-0.05, 0) is 20.8 Å². The summed E-state index contributed by atoms with van der Waals surface area (Å²) >= 11 is 0. The molecule has 2 rings (SSSR count). The molecule has 2 aliphatic heterocycles. The molecule has 0 spiro atoms. The largest absolute Gasteiger partial charge is 0.356 e. The summed E-state index contributed by atoms with van der Waals surface area (Å²) < 4.78 is 22.3. The molecule has 0 bridgehead atoms. The van der Waals surface area contributed by atoms with Crippen LogP contribution in [0, 0.1) is 0 Å². The second kappa shape index (κ2) is 3.45. The van der Waals surface area contributed by atoms with Crippen LogP contribution in [0.2, 0.25) is 0 Å². The summed E-state index contributed by atoms with van der Waals surface area (Å²) in [7, 11) is 1.65. The summed E-state index contributed by atoms with van der Waals surface area (Å²) in [4.78, 5) is 0. The highest BCUT2D eigenvalue weighted by Gasteiger charge is 2.48. The Balaban J connectivity index is 2.06. The van der Waals surface area contributed by atoms with Crippen molar-refractivity contribution in [3.63, 3.8) is 0 Å². The van der Waals surface area contributed by atoms with Gasteiger partial charge in [-0.1, -0.05) is 0 Å². The maximum Gasteiger partial charge on any atom is 0.163 e. The van der Waals surface area contributed by atoms with E-state index in [1.165, 1.54) is 0 Å². The van der Waals surface area contributed by atoms with E-state index in [0.717, 1.165) is 6.42 Å². The average molecular weight is 202 g/mol. The van der Waals surface area contributed by atoms with Crippen molar-refractivity contribution < 1.29 is 18.9 Å². The topological polar surface area (TPSA) is 36.9 Å². The molecule has 0 aromatic heterocycles. The molecule has 0 aromatic carbocycles. The summed E-state index contributed by atoms with van der Waals surface area (Å²) in [6, 6.07) is 0. The number of hydrogen-bond donors (Lipinski definition) is 0. The number of rotatable bonds is 1. The molecule has 2 aliphatic rings. The third-order valence-electron chi connectivity index (χ3n) is 2.74. The van der Waals surface area contributed by atoms with Gasteiger partial charge in [-0.25, -0.2) is 0 Å². The predicted octanol–water partition coefficient (Wildman–Crippen LogP) is 1.29. The van der Waals surface area contributed by atoms with E-state index >= 15 is 0 Å². The zero-order valence-electron chi connectivity index (χ0n) is 9.15. The molecular formula is C10H18O4. The van der Waals surface area contributed by atoms with E-state index in [4.69, 9.17) is 18.9 Å². The minimum Gasteiger partial charge on any atom is -0.356 e. The Morgan fingerprint density at radius 2 is 2.00 bits per heavy atom. The summed E-state index contributed by atoms with van der Waals surface area (Å²) in [5, 5.41) is 0. The number of ether oxygens (including phenoxy) is 4. The van der Waals surface area contributed by atoms with Crippen molar-refractivity contribution in [2.45, 2.75) is 57.6 Å². The molecule has 2 saturated heterocycles. The van der Waals surface area contributed by atoms with Gasteiger partial charge in [-0.3, -0.25) is 0 Å². The van der Waals surface area contributed by atoms with Gasteiger partial charge in [-0.2, -0.15) is 0 Å². The van der Waals surface area contributed by atoms with Crippen LogP contribution in [-0.2, 0) is 18.9 Å². The third-order valence-corrected chi connectivity index (χ3v) is 2.74. The summed E-state index contributed by atoms with van der Waals surface area (Å²) in [5.41, 5.74) is 0. The third kappa shape index (κ3) is 1.80. The van der Waals surface area contributed by atoms with Crippen molar-refractivity contribution in [3.8, 4) is 0 Å².